The van der Waals surface area contributed by atoms with Crippen LogP contribution in [0, 0.1) is 5.92 Å². The quantitative estimate of drug-likeness (QED) is 0.722. The van der Waals surface area contributed by atoms with E-state index in [1.54, 1.807) is 0 Å². The molecule has 0 aromatic carbocycles. The number of nitrogens with one attached hydrogen (secondary N) is 1. The van der Waals surface area contributed by atoms with Gasteiger partial charge < -0.3 is 10.2 Å². The summed E-state index contributed by atoms with van der Waals surface area (Å²) in [6.07, 6.45) is 2.79. The lowest BCUT2D eigenvalue weighted by Crippen LogP contribution is -2.52. The number of piperazine rings is 1. The second kappa shape index (κ2) is 5.28. The maximum absolute atomic E-state index is 3.51. The molecule has 2 aliphatic heterocycles. The molecule has 88 valence electrons. The Bertz CT molecular complexity index is 189. The van der Waals surface area contributed by atoms with E-state index < -0.39 is 0 Å². The van der Waals surface area contributed by atoms with Gasteiger partial charge in [-0.2, -0.15) is 0 Å². The monoisotopic (exact) mass is 211 g/mol. The Balaban J connectivity index is 1.77. The Morgan fingerprint density at radius 2 is 2.20 bits per heavy atom. The van der Waals surface area contributed by atoms with E-state index in [1.165, 1.54) is 52.1 Å². The summed E-state index contributed by atoms with van der Waals surface area (Å²) in [6.45, 7) is 9.88. The molecule has 1 N–H and O–H groups in total. The van der Waals surface area contributed by atoms with Gasteiger partial charge in [-0.15, -0.1) is 0 Å². The normalized spacial score (nSPS) is 35.6. The van der Waals surface area contributed by atoms with E-state index in [-0.39, 0.29) is 0 Å². The topological polar surface area (TPSA) is 18.5 Å². The highest BCUT2D eigenvalue weighted by Crippen LogP contribution is 2.15. The Hall–Kier alpha value is -0.120. The fraction of sp³-hybridized carbons (Fsp3) is 1.00. The van der Waals surface area contributed by atoms with E-state index in [0.717, 1.165) is 12.0 Å². The molecule has 0 bridgehead atoms. The highest BCUT2D eigenvalue weighted by atomic mass is 15.3. The van der Waals surface area contributed by atoms with Crippen molar-refractivity contribution in [3.05, 3.63) is 0 Å². The van der Waals surface area contributed by atoms with Crippen molar-refractivity contribution in [3.63, 3.8) is 0 Å². The molecule has 2 fully saturated rings. The molecular weight excluding hydrogens is 186 g/mol. The first-order chi connectivity index (χ1) is 7.25. The third-order valence-electron chi connectivity index (χ3n) is 3.86. The number of nitrogens with zero attached hydrogens (tertiary/aromatic N) is 2. The van der Waals surface area contributed by atoms with Crippen LogP contribution in [-0.2, 0) is 0 Å². The molecule has 0 saturated carbocycles. The van der Waals surface area contributed by atoms with Crippen LogP contribution in [0.1, 0.15) is 19.8 Å². The van der Waals surface area contributed by atoms with E-state index in [4.69, 9.17) is 0 Å². The van der Waals surface area contributed by atoms with Crippen LogP contribution in [0.15, 0.2) is 0 Å². The molecule has 0 aromatic rings. The van der Waals surface area contributed by atoms with Crippen molar-refractivity contribution in [3.8, 4) is 0 Å². The lowest BCUT2D eigenvalue weighted by atomic mass is 9.98. The Labute approximate surface area is 93.8 Å². The minimum atomic E-state index is 0.741. The number of hydrogen-bond acceptors (Lipinski definition) is 3. The van der Waals surface area contributed by atoms with Gasteiger partial charge in [0.1, 0.15) is 0 Å². The van der Waals surface area contributed by atoms with Crippen LogP contribution in [0.3, 0.4) is 0 Å². The number of rotatable bonds is 2. The van der Waals surface area contributed by atoms with Gasteiger partial charge in [-0.1, -0.05) is 0 Å². The predicted octanol–water partition coefficient (Wildman–Crippen LogP) is 0.622. The van der Waals surface area contributed by atoms with Crippen molar-refractivity contribution in [2.24, 2.45) is 5.92 Å². The maximum Gasteiger partial charge on any atom is 0.0195 e. The van der Waals surface area contributed by atoms with E-state index in [0.29, 0.717) is 0 Å². The zero-order chi connectivity index (χ0) is 10.7. The van der Waals surface area contributed by atoms with E-state index in [1.807, 2.05) is 0 Å². The fourth-order valence-electron chi connectivity index (χ4n) is 2.86. The van der Waals surface area contributed by atoms with Gasteiger partial charge in [-0.25, -0.2) is 0 Å². The molecule has 0 aromatic heterocycles. The second-order valence-corrected chi connectivity index (χ2v) is 5.32. The van der Waals surface area contributed by atoms with E-state index in [9.17, 15) is 0 Å². The molecule has 15 heavy (non-hydrogen) atoms. The van der Waals surface area contributed by atoms with Crippen molar-refractivity contribution in [1.82, 2.24) is 15.1 Å². The third kappa shape index (κ3) is 3.16. The molecule has 2 atom stereocenters. The minimum Gasteiger partial charge on any atom is -0.316 e. The van der Waals surface area contributed by atoms with Crippen molar-refractivity contribution < 1.29 is 0 Å². The van der Waals surface area contributed by atoms with Crippen molar-refractivity contribution in [2.75, 3.05) is 46.3 Å². The molecule has 0 radical (unpaired) electrons. The molecule has 2 saturated heterocycles. The zero-order valence-corrected chi connectivity index (χ0v) is 10.2. The van der Waals surface area contributed by atoms with Crippen LogP contribution >= 0.6 is 0 Å². The summed E-state index contributed by atoms with van der Waals surface area (Å²) in [5, 5.41) is 3.51. The van der Waals surface area contributed by atoms with E-state index >= 15 is 0 Å². The maximum atomic E-state index is 3.51. The molecule has 3 heteroatoms. The van der Waals surface area contributed by atoms with Gasteiger partial charge in [-0.3, -0.25) is 4.90 Å². The average Bonchev–Trinajstić information content (AvgIpc) is 2.24. The summed E-state index contributed by atoms with van der Waals surface area (Å²) in [7, 11) is 2.23. The summed E-state index contributed by atoms with van der Waals surface area (Å²) in [5.41, 5.74) is 0. The first kappa shape index (κ1) is 11.4. The summed E-state index contributed by atoms with van der Waals surface area (Å²) >= 11 is 0. The molecular formula is C12H25N3. The minimum absolute atomic E-state index is 0.741. The Kier molecular flexibility index (Phi) is 4.00. The van der Waals surface area contributed by atoms with Gasteiger partial charge in [0.05, 0.1) is 0 Å². The summed E-state index contributed by atoms with van der Waals surface area (Å²) < 4.78 is 0. The standard InChI is InChI=1S/C12H25N3/c1-11-9-14(2)6-7-15(11)10-12-4-3-5-13-8-12/h11-13H,3-10H2,1-2H3. The van der Waals surface area contributed by atoms with E-state index in [2.05, 4.69) is 29.1 Å². The van der Waals surface area contributed by atoms with Crippen LogP contribution in [-0.4, -0.2) is 62.2 Å². The largest absolute Gasteiger partial charge is 0.316 e. The summed E-state index contributed by atoms with van der Waals surface area (Å²) in [4.78, 5) is 5.12. The van der Waals surface area contributed by atoms with Gasteiger partial charge >= 0.3 is 0 Å². The van der Waals surface area contributed by atoms with Crippen LogP contribution in [0.2, 0.25) is 0 Å². The molecule has 2 rings (SSSR count). The molecule has 2 unspecified atom stereocenters. The predicted molar refractivity (Wildman–Crippen MR) is 64.1 cm³/mol. The average molecular weight is 211 g/mol. The Morgan fingerprint density at radius 3 is 2.87 bits per heavy atom. The van der Waals surface area contributed by atoms with Crippen molar-refractivity contribution in [2.45, 2.75) is 25.8 Å². The fourth-order valence-corrected chi connectivity index (χ4v) is 2.86. The lowest BCUT2D eigenvalue weighted by Gasteiger charge is -2.40. The highest BCUT2D eigenvalue weighted by Gasteiger charge is 2.24. The van der Waals surface area contributed by atoms with Gasteiger partial charge in [-0.05, 0) is 45.8 Å². The molecule has 2 aliphatic rings. The zero-order valence-electron chi connectivity index (χ0n) is 10.2. The van der Waals surface area contributed by atoms with Gasteiger partial charge in [0.2, 0.25) is 0 Å². The molecule has 3 nitrogen and oxygen atoms in total. The number of likely N-dealkylation sites (N-methyl/N-ethyl adjacent to an activating group) is 1. The molecule has 0 amide bonds. The molecule has 2 heterocycles. The number of piperidine rings is 1. The first-order valence-electron chi connectivity index (χ1n) is 6.39. The third-order valence-corrected chi connectivity index (χ3v) is 3.86. The Morgan fingerprint density at radius 1 is 1.33 bits per heavy atom. The van der Waals surface area contributed by atoms with Crippen LogP contribution < -0.4 is 5.32 Å². The lowest BCUT2D eigenvalue weighted by molar-refractivity contribution is 0.0803. The van der Waals surface area contributed by atoms with Gasteiger partial charge in [0.25, 0.3) is 0 Å². The van der Waals surface area contributed by atoms with Gasteiger partial charge in [0.15, 0.2) is 0 Å². The van der Waals surface area contributed by atoms with Crippen LogP contribution in [0.5, 0.6) is 0 Å². The van der Waals surface area contributed by atoms with Crippen LogP contribution in [0.4, 0.5) is 0 Å². The summed E-state index contributed by atoms with van der Waals surface area (Å²) in [5.74, 6) is 0.893. The van der Waals surface area contributed by atoms with Crippen molar-refractivity contribution in [1.29, 1.82) is 0 Å². The molecule has 0 aliphatic carbocycles. The van der Waals surface area contributed by atoms with Gasteiger partial charge in [0, 0.05) is 32.2 Å². The summed E-state index contributed by atoms with van der Waals surface area (Å²) in [6, 6.07) is 0.741. The smallest absolute Gasteiger partial charge is 0.0195 e. The number of hydrogen-bond donors (Lipinski definition) is 1. The first-order valence-corrected chi connectivity index (χ1v) is 6.39. The van der Waals surface area contributed by atoms with Crippen LogP contribution in [0.25, 0.3) is 0 Å². The second-order valence-electron chi connectivity index (χ2n) is 5.32. The molecule has 0 spiro atoms. The highest BCUT2D eigenvalue weighted by molar-refractivity contribution is 4.81. The SMILES string of the molecule is CC1CN(C)CCN1CC1CCCNC1. The van der Waals surface area contributed by atoms with Crippen molar-refractivity contribution >= 4 is 0 Å².